The molecular weight excluding hydrogens is 511 g/mol. The fraction of sp³-hybridized carbons (Fsp3) is 0.320. The Morgan fingerprint density at radius 1 is 1.36 bits per heavy atom. The number of anilines is 1. The van der Waals surface area contributed by atoms with Gasteiger partial charge in [-0.15, -0.1) is 11.3 Å². The molecule has 0 spiro atoms. The molecule has 184 valence electrons. The summed E-state index contributed by atoms with van der Waals surface area (Å²) in [4.78, 5) is 10.6. The summed E-state index contributed by atoms with van der Waals surface area (Å²) in [6, 6.07) is 6.03. The van der Waals surface area contributed by atoms with E-state index in [0.717, 1.165) is 30.7 Å². The van der Waals surface area contributed by atoms with E-state index in [-0.39, 0.29) is 54.9 Å². The Hall–Kier alpha value is -3.13. The maximum absolute atomic E-state index is 16.0. The third-order valence-corrected chi connectivity index (χ3v) is 8.50. The van der Waals surface area contributed by atoms with Crippen LogP contribution in [0.5, 0.6) is 6.01 Å². The molecule has 4 heterocycles. The van der Waals surface area contributed by atoms with Gasteiger partial charge in [-0.05, 0) is 37.1 Å². The first kappa shape index (κ1) is 23.3. The number of ether oxygens (including phenoxy) is 1. The third kappa shape index (κ3) is 3.49. The highest BCUT2D eigenvalue weighted by Gasteiger charge is 2.49. The molecule has 0 bridgehead atoms. The normalized spacial score (nSPS) is 21.8. The number of nitrogen functional groups attached to an aromatic ring is 1. The van der Waals surface area contributed by atoms with E-state index in [1.165, 1.54) is 24.4 Å². The van der Waals surface area contributed by atoms with E-state index in [9.17, 15) is 14.0 Å². The summed E-state index contributed by atoms with van der Waals surface area (Å²) in [6.45, 7) is 1.42. The topological polar surface area (TPSA) is 88.1 Å². The van der Waals surface area contributed by atoms with Crippen molar-refractivity contribution in [1.82, 2.24) is 14.9 Å². The minimum atomic E-state index is -0.898. The molecule has 0 aliphatic carbocycles. The molecule has 11 heteroatoms. The maximum atomic E-state index is 16.0. The van der Waals surface area contributed by atoms with E-state index in [1.54, 1.807) is 0 Å². The fourth-order valence-corrected chi connectivity index (χ4v) is 6.81. The van der Waals surface area contributed by atoms with Crippen LogP contribution in [0.25, 0.3) is 32.1 Å². The van der Waals surface area contributed by atoms with Crippen LogP contribution < -0.4 is 10.5 Å². The smallest absolute Gasteiger partial charge is 0.317 e. The van der Waals surface area contributed by atoms with Gasteiger partial charge in [-0.2, -0.15) is 10.2 Å². The van der Waals surface area contributed by atoms with Crippen LogP contribution in [0.4, 0.5) is 18.2 Å². The SMILES string of the molecule is N#Cc1c(N)sc2c(F)ccc(-c3c(Cl)cc4cnc(OC[C@@]56CCCN5C[C@H](F)C6)nc4c3F)c12. The molecule has 2 aromatic heterocycles. The van der Waals surface area contributed by atoms with E-state index in [4.69, 9.17) is 22.1 Å². The van der Waals surface area contributed by atoms with Gasteiger partial charge < -0.3 is 10.5 Å². The van der Waals surface area contributed by atoms with Crippen LogP contribution in [-0.4, -0.2) is 46.3 Å². The number of fused-ring (bicyclic) bond motifs is 3. The van der Waals surface area contributed by atoms with Gasteiger partial charge in [0.15, 0.2) is 5.82 Å². The molecule has 0 saturated carbocycles. The van der Waals surface area contributed by atoms with E-state index in [0.29, 0.717) is 18.4 Å². The second kappa shape index (κ2) is 8.47. The Morgan fingerprint density at radius 3 is 3.00 bits per heavy atom. The average molecular weight is 530 g/mol. The second-order valence-corrected chi connectivity index (χ2v) is 10.7. The summed E-state index contributed by atoms with van der Waals surface area (Å²) >= 11 is 7.39. The number of rotatable bonds is 4. The molecule has 2 atom stereocenters. The molecule has 4 aromatic rings. The summed E-state index contributed by atoms with van der Waals surface area (Å²) in [7, 11) is 0. The van der Waals surface area contributed by atoms with Crippen molar-refractivity contribution in [3.05, 3.63) is 46.6 Å². The third-order valence-electron chi connectivity index (χ3n) is 7.17. The number of thiophene rings is 1. The van der Waals surface area contributed by atoms with Gasteiger partial charge in [0.05, 0.1) is 20.8 Å². The van der Waals surface area contributed by atoms with E-state index < -0.39 is 23.3 Å². The van der Waals surface area contributed by atoms with Gasteiger partial charge in [0, 0.05) is 35.5 Å². The van der Waals surface area contributed by atoms with Crippen LogP contribution >= 0.6 is 22.9 Å². The standard InChI is InChI=1S/C25H19ClF3N5OS/c26-16-6-12-9-32-24(35-11-25-4-1-5-34(25)10-13(27)7-25)33-21(12)20(29)19(16)14-2-3-17(28)22-18(14)15(8-30)23(31)36-22/h2-3,6,9,13H,1,4-5,7,10-11,31H2/t13-,25+/m1/s1. The Bertz CT molecular complexity index is 1590. The minimum absolute atomic E-state index is 0.0234. The highest BCUT2D eigenvalue weighted by molar-refractivity contribution is 7.23. The molecule has 0 amide bonds. The number of nitriles is 1. The van der Waals surface area contributed by atoms with E-state index in [2.05, 4.69) is 14.9 Å². The lowest BCUT2D eigenvalue weighted by Crippen LogP contribution is -2.43. The largest absolute Gasteiger partial charge is 0.461 e. The monoisotopic (exact) mass is 529 g/mol. The summed E-state index contributed by atoms with van der Waals surface area (Å²) < 4.78 is 50.6. The molecule has 2 aromatic carbocycles. The van der Waals surface area contributed by atoms with Crippen molar-refractivity contribution in [2.45, 2.75) is 31.0 Å². The summed E-state index contributed by atoms with van der Waals surface area (Å²) in [5, 5.41) is 10.3. The lowest BCUT2D eigenvalue weighted by atomic mass is 9.95. The maximum Gasteiger partial charge on any atom is 0.317 e. The van der Waals surface area contributed by atoms with Gasteiger partial charge in [-0.3, -0.25) is 4.90 Å². The molecule has 0 radical (unpaired) electrons. The van der Waals surface area contributed by atoms with Crippen LogP contribution in [0.1, 0.15) is 24.8 Å². The highest BCUT2D eigenvalue weighted by Crippen LogP contribution is 2.45. The molecule has 2 aliphatic heterocycles. The van der Waals surface area contributed by atoms with Crippen molar-refractivity contribution < 1.29 is 17.9 Å². The lowest BCUT2D eigenvalue weighted by molar-refractivity contribution is 0.107. The zero-order valence-corrected chi connectivity index (χ0v) is 20.4. The van der Waals surface area contributed by atoms with Crippen LogP contribution in [0.3, 0.4) is 0 Å². The van der Waals surface area contributed by atoms with E-state index >= 15 is 4.39 Å². The molecule has 2 N–H and O–H groups in total. The quantitative estimate of drug-likeness (QED) is 0.357. The van der Waals surface area contributed by atoms with Crippen LogP contribution in [0.2, 0.25) is 5.02 Å². The number of hydrogen-bond donors (Lipinski definition) is 1. The Balaban J connectivity index is 1.43. The molecule has 36 heavy (non-hydrogen) atoms. The van der Waals surface area contributed by atoms with Crippen molar-refractivity contribution in [2.24, 2.45) is 0 Å². The number of nitrogens with two attached hydrogens (primary N) is 1. The zero-order chi connectivity index (χ0) is 25.2. The molecule has 0 unspecified atom stereocenters. The predicted octanol–water partition coefficient (Wildman–Crippen LogP) is 5.85. The highest BCUT2D eigenvalue weighted by atomic mass is 35.5. The number of aromatic nitrogens is 2. The van der Waals surface area contributed by atoms with Crippen molar-refractivity contribution >= 4 is 48.9 Å². The number of nitrogens with zero attached hydrogens (tertiary/aromatic N) is 4. The fourth-order valence-electron chi connectivity index (χ4n) is 5.56. The van der Waals surface area contributed by atoms with Crippen molar-refractivity contribution in [3.8, 4) is 23.2 Å². The first-order valence-corrected chi connectivity index (χ1v) is 12.6. The number of hydrogen-bond acceptors (Lipinski definition) is 7. The molecule has 6 nitrogen and oxygen atoms in total. The summed E-state index contributed by atoms with van der Waals surface area (Å²) in [5.41, 5.74) is 5.79. The number of alkyl halides is 1. The molecular formula is C25H19ClF3N5OS. The first-order chi connectivity index (χ1) is 17.3. The Kier molecular flexibility index (Phi) is 5.48. The minimum Gasteiger partial charge on any atom is -0.461 e. The van der Waals surface area contributed by atoms with Crippen LogP contribution in [0, 0.1) is 23.0 Å². The lowest BCUT2D eigenvalue weighted by Gasteiger charge is -2.30. The Labute approximate surface area is 213 Å². The van der Waals surface area contributed by atoms with Crippen molar-refractivity contribution in [1.29, 1.82) is 5.26 Å². The van der Waals surface area contributed by atoms with Gasteiger partial charge in [0.25, 0.3) is 0 Å². The number of benzene rings is 2. The first-order valence-electron chi connectivity index (χ1n) is 11.4. The summed E-state index contributed by atoms with van der Waals surface area (Å²) in [6.07, 6.45) is 2.69. The molecule has 2 fully saturated rings. The average Bonchev–Trinajstić information content (AvgIpc) is 3.49. The second-order valence-electron chi connectivity index (χ2n) is 9.25. The zero-order valence-electron chi connectivity index (χ0n) is 18.8. The van der Waals surface area contributed by atoms with Gasteiger partial charge in [0.1, 0.15) is 35.2 Å². The van der Waals surface area contributed by atoms with Gasteiger partial charge in [0.2, 0.25) is 0 Å². The van der Waals surface area contributed by atoms with Crippen molar-refractivity contribution in [2.75, 3.05) is 25.4 Å². The van der Waals surface area contributed by atoms with Gasteiger partial charge in [-0.25, -0.2) is 18.2 Å². The molecule has 2 aliphatic rings. The van der Waals surface area contributed by atoms with Crippen molar-refractivity contribution in [3.63, 3.8) is 0 Å². The molecule has 2 saturated heterocycles. The van der Waals surface area contributed by atoms with E-state index in [1.807, 2.05) is 6.07 Å². The summed E-state index contributed by atoms with van der Waals surface area (Å²) in [5.74, 6) is -1.32. The van der Waals surface area contributed by atoms with Gasteiger partial charge >= 0.3 is 6.01 Å². The van der Waals surface area contributed by atoms with Gasteiger partial charge in [-0.1, -0.05) is 17.7 Å². The van der Waals surface area contributed by atoms with Crippen LogP contribution in [0.15, 0.2) is 24.4 Å². The Morgan fingerprint density at radius 2 is 2.19 bits per heavy atom. The predicted molar refractivity (Wildman–Crippen MR) is 133 cm³/mol. The molecule has 6 rings (SSSR count). The number of halogens is 4. The van der Waals surface area contributed by atoms with Crippen LogP contribution in [-0.2, 0) is 0 Å².